The van der Waals surface area contributed by atoms with Gasteiger partial charge in [0.05, 0.1) is 16.6 Å². The lowest BCUT2D eigenvalue weighted by Crippen LogP contribution is -2.06. The van der Waals surface area contributed by atoms with E-state index in [1.54, 1.807) is 0 Å². The normalized spacial score (nSPS) is 11.5. The molecule has 0 aliphatic heterocycles. The summed E-state index contributed by atoms with van der Waals surface area (Å²) in [4.78, 5) is 21.3. The van der Waals surface area contributed by atoms with Crippen LogP contribution in [0.1, 0.15) is 0 Å². The molecule has 290 valence electrons. The molecule has 12 aromatic rings. The smallest absolute Gasteiger partial charge is 0.167 e. The molecule has 5 nitrogen and oxygen atoms in total. The topological polar surface area (TPSA) is 56.5 Å². The monoisotopic (exact) mass is 809 g/mol. The third-order valence-electron chi connectivity index (χ3n) is 11.7. The van der Waals surface area contributed by atoms with Crippen molar-refractivity contribution >= 4 is 53.3 Å². The van der Waals surface area contributed by atoms with Crippen molar-refractivity contribution in [2.45, 2.75) is 0 Å². The summed E-state index contributed by atoms with van der Waals surface area (Å²) >= 11 is 1.82. The van der Waals surface area contributed by atoms with Gasteiger partial charge in [0.1, 0.15) is 5.82 Å². The van der Waals surface area contributed by atoms with Crippen molar-refractivity contribution in [2.24, 2.45) is 0 Å². The average Bonchev–Trinajstić information content (AvgIpc) is 3.90. The summed E-state index contributed by atoms with van der Waals surface area (Å²) in [6, 6.07) is 72.4. The molecule has 0 N–H and O–H groups in total. The number of rotatable bonds is 7. The second kappa shape index (κ2) is 14.9. The Balaban J connectivity index is 1.19. The molecule has 0 aliphatic carbocycles. The van der Waals surface area contributed by atoms with Gasteiger partial charge in [-0.15, -0.1) is 11.3 Å². The van der Waals surface area contributed by atoms with E-state index in [4.69, 9.17) is 19.9 Å². The summed E-state index contributed by atoms with van der Waals surface area (Å²) in [7, 11) is 0. The van der Waals surface area contributed by atoms with Gasteiger partial charge in [0.2, 0.25) is 0 Å². The zero-order valence-corrected chi connectivity index (χ0v) is 34.2. The summed E-state index contributed by atoms with van der Waals surface area (Å²) in [6.45, 7) is 0. The summed E-state index contributed by atoms with van der Waals surface area (Å²) in [5, 5.41) is 4.77. The zero-order valence-electron chi connectivity index (χ0n) is 33.4. The van der Waals surface area contributed by atoms with Crippen molar-refractivity contribution in [1.82, 2.24) is 24.5 Å². The Morgan fingerprint density at radius 1 is 0.355 bits per heavy atom. The van der Waals surface area contributed by atoms with Crippen molar-refractivity contribution in [3.63, 3.8) is 0 Å². The standard InChI is InChI=1S/C56H35N5S/c1-5-17-36(18-6-1)40-31-41(37-19-7-2-8-20-37)33-42(32-40)43-34-47(55-59-53(38-21-9-3-10-22-38)58-54(60-55)39-23-11-4-12-24-39)56(57-35-43)61-48-27-15-13-25-44(48)45-29-30-50-51(52(45)61)46-26-14-16-28-49(46)62-50/h1-35H. The van der Waals surface area contributed by atoms with Crippen LogP contribution in [-0.2, 0) is 0 Å². The molecule has 0 saturated heterocycles. The number of pyridine rings is 1. The summed E-state index contributed by atoms with van der Waals surface area (Å²) in [5.74, 6) is 2.47. The van der Waals surface area contributed by atoms with Gasteiger partial charge >= 0.3 is 0 Å². The molecule has 0 fully saturated rings. The van der Waals surface area contributed by atoms with Gasteiger partial charge in [0.25, 0.3) is 0 Å². The third-order valence-corrected chi connectivity index (χ3v) is 12.8. The first-order valence-electron chi connectivity index (χ1n) is 20.7. The lowest BCUT2D eigenvalue weighted by Gasteiger charge is -2.16. The van der Waals surface area contributed by atoms with Crippen LogP contribution in [0.15, 0.2) is 212 Å². The van der Waals surface area contributed by atoms with E-state index in [1.165, 1.54) is 25.6 Å². The molecule has 0 saturated carbocycles. The van der Waals surface area contributed by atoms with Gasteiger partial charge in [0.15, 0.2) is 17.5 Å². The Morgan fingerprint density at radius 3 is 1.47 bits per heavy atom. The van der Waals surface area contributed by atoms with E-state index in [2.05, 4.69) is 174 Å². The summed E-state index contributed by atoms with van der Waals surface area (Å²) < 4.78 is 4.82. The van der Waals surface area contributed by atoms with Crippen LogP contribution in [0.3, 0.4) is 0 Å². The van der Waals surface area contributed by atoms with Crippen molar-refractivity contribution in [1.29, 1.82) is 0 Å². The molecule has 0 radical (unpaired) electrons. The van der Waals surface area contributed by atoms with Crippen molar-refractivity contribution in [3.8, 4) is 73.4 Å². The van der Waals surface area contributed by atoms with Crippen LogP contribution in [0.25, 0.3) is 115 Å². The van der Waals surface area contributed by atoms with Crippen LogP contribution in [0.5, 0.6) is 0 Å². The Hall–Kier alpha value is -8.06. The van der Waals surface area contributed by atoms with E-state index in [-0.39, 0.29) is 0 Å². The Morgan fingerprint density at radius 2 is 0.855 bits per heavy atom. The number of hydrogen-bond donors (Lipinski definition) is 0. The van der Waals surface area contributed by atoms with Crippen molar-refractivity contribution < 1.29 is 0 Å². The van der Waals surface area contributed by atoms with Gasteiger partial charge in [-0.2, -0.15) is 0 Å². The Labute approximate surface area is 361 Å². The fourth-order valence-corrected chi connectivity index (χ4v) is 9.87. The van der Waals surface area contributed by atoms with E-state index in [0.717, 1.165) is 72.3 Å². The average molecular weight is 810 g/mol. The largest absolute Gasteiger partial charge is 0.292 e. The Kier molecular flexibility index (Phi) is 8.61. The minimum absolute atomic E-state index is 0.540. The molecular formula is C56H35N5S. The van der Waals surface area contributed by atoms with E-state index < -0.39 is 0 Å². The number of para-hydroxylation sites is 1. The minimum atomic E-state index is 0.540. The van der Waals surface area contributed by atoms with Crippen LogP contribution in [-0.4, -0.2) is 24.5 Å². The van der Waals surface area contributed by atoms with Crippen molar-refractivity contribution in [3.05, 3.63) is 212 Å². The molecule has 0 unspecified atom stereocenters. The number of thiophene rings is 1. The van der Waals surface area contributed by atoms with E-state index in [9.17, 15) is 0 Å². The second-order valence-electron chi connectivity index (χ2n) is 15.5. The van der Waals surface area contributed by atoms with Crippen LogP contribution in [0, 0.1) is 0 Å². The predicted octanol–water partition coefficient (Wildman–Crippen LogP) is 14.7. The lowest BCUT2D eigenvalue weighted by molar-refractivity contribution is 1.04. The first kappa shape index (κ1) is 35.8. The fourth-order valence-electron chi connectivity index (χ4n) is 8.76. The third kappa shape index (κ3) is 6.16. The van der Waals surface area contributed by atoms with Gasteiger partial charge < -0.3 is 0 Å². The molecule has 4 aromatic heterocycles. The van der Waals surface area contributed by atoms with E-state index >= 15 is 0 Å². The van der Waals surface area contributed by atoms with Gasteiger partial charge in [-0.1, -0.05) is 164 Å². The first-order valence-corrected chi connectivity index (χ1v) is 21.5. The van der Waals surface area contributed by atoms with Crippen LogP contribution < -0.4 is 0 Å². The maximum absolute atomic E-state index is 5.52. The number of benzene rings is 8. The summed E-state index contributed by atoms with van der Waals surface area (Å²) in [5.41, 5.74) is 11.3. The molecule has 4 heterocycles. The molecule has 0 aliphatic rings. The van der Waals surface area contributed by atoms with E-state index in [1.807, 2.05) is 53.9 Å². The molecule has 0 amide bonds. The highest BCUT2D eigenvalue weighted by Gasteiger charge is 2.24. The SMILES string of the molecule is c1ccc(-c2cc(-c3ccccc3)cc(-c3cnc(-n4c5ccccc5c5ccc6sc7ccccc7c6c54)c(-c4nc(-c5ccccc5)nc(-c5ccccc5)n4)c3)c2)cc1. The number of fused-ring (bicyclic) bond motifs is 7. The predicted molar refractivity (Wildman–Crippen MR) is 257 cm³/mol. The molecule has 12 rings (SSSR count). The number of aromatic nitrogens is 5. The van der Waals surface area contributed by atoms with Gasteiger partial charge in [-0.25, -0.2) is 19.9 Å². The number of nitrogens with zero attached hydrogens (tertiary/aromatic N) is 5. The lowest BCUT2D eigenvalue weighted by atomic mass is 9.93. The molecule has 8 aromatic carbocycles. The summed E-state index contributed by atoms with van der Waals surface area (Å²) in [6.07, 6.45) is 2.02. The van der Waals surface area contributed by atoms with E-state index in [0.29, 0.717) is 17.5 Å². The molecule has 0 bridgehead atoms. The van der Waals surface area contributed by atoms with Crippen LogP contribution in [0.4, 0.5) is 0 Å². The van der Waals surface area contributed by atoms with Crippen LogP contribution in [0.2, 0.25) is 0 Å². The number of hydrogen-bond acceptors (Lipinski definition) is 5. The minimum Gasteiger partial charge on any atom is -0.292 e. The van der Waals surface area contributed by atoms with Crippen molar-refractivity contribution in [2.75, 3.05) is 0 Å². The van der Waals surface area contributed by atoms with Gasteiger partial charge in [-0.3, -0.25) is 4.57 Å². The second-order valence-corrected chi connectivity index (χ2v) is 16.5. The highest BCUT2D eigenvalue weighted by molar-refractivity contribution is 7.26. The maximum Gasteiger partial charge on any atom is 0.167 e. The molecule has 6 heteroatoms. The highest BCUT2D eigenvalue weighted by Crippen LogP contribution is 2.44. The highest BCUT2D eigenvalue weighted by atomic mass is 32.1. The molecule has 62 heavy (non-hydrogen) atoms. The Bertz CT molecular complexity index is 3500. The van der Waals surface area contributed by atoms with Crippen LogP contribution >= 0.6 is 11.3 Å². The molecule has 0 atom stereocenters. The van der Waals surface area contributed by atoms with Gasteiger partial charge in [0, 0.05) is 53.8 Å². The quantitative estimate of drug-likeness (QED) is 0.161. The maximum atomic E-state index is 5.52. The fraction of sp³-hybridized carbons (Fsp3) is 0. The molecule has 0 spiro atoms. The zero-order chi connectivity index (χ0) is 41.0. The van der Waals surface area contributed by atoms with Gasteiger partial charge in [-0.05, 0) is 70.3 Å². The first-order chi connectivity index (χ1) is 30.7. The molecular weight excluding hydrogens is 775 g/mol.